The monoisotopic (exact) mass is 294 g/mol. The molecule has 0 fully saturated rings. The Morgan fingerprint density at radius 1 is 1.39 bits per heavy atom. The Bertz CT molecular complexity index is 488. The highest BCUT2D eigenvalue weighted by Crippen LogP contribution is 2.06. The number of esters is 1. The van der Waals surface area contributed by atoms with E-state index in [1.165, 1.54) is 0 Å². The minimum atomic E-state index is -4.19. The summed E-state index contributed by atoms with van der Waals surface area (Å²) in [7, 11) is -0.137. The average Bonchev–Trinajstić information content (AvgIpc) is 2.13. The van der Waals surface area contributed by atoms with Gasteiger partial charge in [-0.15, -0.1) is 0 Å². The number of aryl methyl sites for hydroxylation is 1. The standard InChI is InChI=1S/C11H14O2.ClHO3S/c1-8(2)13-11(12)10-6-4-5-9(3)7-10;1-5(2,3)4/h4-8H,1-3H3;(H,2,3,4). The summed E-state index contributed by atoms with van der Waals surface area (Å²) in [5.41, 5.74) is 1.69. The van der Waals surface area contributed by atoms with Gasteiger partial charge in [0.05, 0.1) is 11.7 Å². The number of hydrogen-bond acceptors (Lipinski definition) is 4. The summed E-state index contributed by atoms with van der Waals surface area (Å²) >= 11 is 0. The van der Waals surface area contributed by atoms with Crippen molar-refractivity contribution in [3.8, 4) is 0 Å². The van der Waals surface area contributed by atoms with E-state index in [2.05, 4.69) is 10.7 Å². The molecule has 18 heavy (non-hydrogen) atoms. The van der Waals surface area contributed by atoms with Gasteiger partial charge in [-0.1, -0.05) is 17.7 Å². The summed E-state index contributed by atoms with van der Waals surface area (Å²) in [5.74, 6) is -0.251. The summed E-state index contributed by atoms with van der Waals surface area (Å²) in [4.78, 5) is 11.4. The first-order chi connectivity index (χ1) is 8.09. The second-order valence-corrected chi connectivity index (χ2v) is 5.73. The van der Waals surface area contributed by atoms with Crippen LogP contribution in [0, 0.1) is 6.92 Å². The van der Waals surface area contributed by atoms with E-state index in [4.69, 9.17) is 17.7 Å². The quantitative estimate of drug-likeness (QED) is 0.515. The van der Waals surface area contributed by atoms with Crippen molar-refractivity contribution in [3.05, 3.63) is 35.4 Å². The molecule has 0 heterocycles. The van der Waals surface area contributed by atoms with Crippen molar-refractivity contribution in [2.45, 2.75) is 26.9 Å². The smallest absolute Gasteiger partial charge is 0.353 e. The fourth-order valence-electron chi connectivity index (χ4n) is 1.05. The van der Waals surface area contributed by atoms with Gasteiger partial charge in [-0.3, -0.25) is 4.55 Å². The van der Waals surface area contributed by atoms with E-state index < -0.39 is 9.33 Å². The Hall–Kier alpha value is -1.11. The van der Waals surface area contributed by atoms with Gasteiger partial charge in [0.15, 0.2) is 0 Å². The summed E-state index contributed by atoms with van der Waals surface area (Å²) in [6.07, 6.45) is -0.0620. The zero-order chi connectivity index (χ0) is 14.3. The van der Waals surface area contributed by atoms with Crippen molar-refractivity contribution in [1.29, 1.82) is 0 Å². The van der Waals surface area contributed by atoms with Crippen LogP contribution >= 0.6 is 10.7 Å². The molecule has 0 aliphatic heterocycles. The first-order valence-corrected chi connectivity index (χ1v) is 7.31. The predicted octanol–water partition coefficient (Wildman–Crippen LogP) is 2.59. The summed E-state index contributed by atoms with van der Waals surface area (Å²) in [6, 6.07) is 7.39. The molecule has 0 spiro atoms. The minimum absolute atomic E-state index is 0.0620. The van der Waals surface area contributed by atoms with Crippen LogP contribution in [0.3, 0.4) is 0 Å². The number of benzene rings is 1. The van der Waals surface area contributed by atoms with Crippen LogP contribution < -0.4 is 0 Å². The van der Waals surface area contributed by atoms with E-state index in [1.54, 1.807) is 6.07 Å². The van der Waals surface area contributed by atoms with E-state index in [9.17, 15) is 4.79 Å². The number of rotatable bonds is 2. The number of carbonyl (C=O) groups is 1. The van der Waals surface area contributed by atoms with Crippen molar-refractivity contribution in [1.82, 2.24) is 0 Å². The largest absolute Gasteiger partial charge is 0.459 e. The van der Waals surface area contributed by atoms with Gasteiger partial charge < -0.3 is 4.74 Å². The lowest BCUT2D eigenvalue weighted by molar-refractivity contribution is 0.0378. The Balaban J connectivity index is 0.000000494. The van der Waals surface area contributed by atoms with Gasteiger partial charge in [0.2, 0.25) is 0 Å². The highest BCUT2D eigenvalue weighted by Gasteiger charge is 2.07. The van der Waals surface area contributed by atoms with Gasteiger partial charge in [-0.25, -0.2) is 4.79 Å². The van der Waals surface area contributed by atoms with Crippen LogP contribution in [0.2, 0.25) is 0 Å². The number of halogens is 1. The van der Waals surface area contributed by atoms with E-state index in [0.717, 1.165) is 5.56 Å². The SMILES string of the molecule is Cc1cccc(C(=O)OC(C)C)c1.O=S(=O)(O)Cl. The maximum Gasteiger partial charge on any atom is 0.353 e. The molecule has 5 nitrogen and oxygen atoms in total. The second kappa shape index (κ2) is 7.35. The lowest BCUT2D eigenvalue weighted by Crippen LogP contribution is -2.11. The van der Waals surface area contributed by atoms with Gasteiger partial charge in [0.1, 0.15) is 0 Å². The molecule has 0 amide bonds. The molecule has 1 N–H and O–H groups in total. The van der Waals surface area contributed by atoms with Gasteiger partial charge in [-0.2, -0.15) is 8.42 Å². The van der Waals surface area contributed by atoms with Crippen molar-refractivity contribution >= 4 is 26.0 Å². The van der Waals surface area contributed by atoms with Crippen molar-refractivity contribution < 1.29 is 22.5 Å². The predicted molar refractivity (Wildman–Crippen MR) is 69.1 cm³/mol. The fraction of sp³-hybridized carbons (Fsp3) is 0.364. The van der Waals surface area contributed by atoms with Crippen LogP contribution in [0.4, 0.5) is 0 Å². The van der Waals surface area contributed by atoms with Crippen LogP contribution in [0.25, 0.3) is 0 Å². The minimum Gasteiger partial charge on any atom is -0.459 e. The molecule has 0 atom stereocenters. The van der Waals surface area contributed by atoms with Crippen molar-refractivity contribution in [3.63, 3.8) is 0 Å². The highest BCUT2D eigenvalue weighted by molar-refractivity contribution is 8.09. The molecule has 1 aromatic carbocycles. The molecular weight excluding hydrogens is 280 g/mol. The third kappa shape index (κ3) is 10.1. The second-order valence-electron chi connectivity index (χ2n) is 3.74. The van der Waals surface area contributed by atoms with E-state index in [-0.39, 0.29) is 12.1 Å². The molecule has 0 aliphatic rings. The molecular formula is C11H15ClO5S. The van der Waals surface area contributed by atoms with Gasteiger partial charge >= 0.3 is 15.3 Å². The Kier molecular flexibility index (Phi) is 6.90. The lowest BCUT2D eigenvalue weighted by Gasteiger charge is -2.07. The van der Waals surface area contributed by atoms with E-state index in [1.807, 2.05) is 39.0 Å². The van der Waals surface area contributed by atoms with E-state index >= 15 is 0 Å². The maximum absolute atomic E-state index is 11.4. The molecule has 1 aromatic rings. The molecule has 0 unspecified atom stereocenters. The first kappa shape index (κ1) is 16.9. The Labute approximate surface area is 111 Å². The number of ether oxygens (including phenoxy) is 1. The molecule has 7 heteroatoms. The maximum atomic E-state index is 11.4. The van der Waals surface area contributed by atoms with Crippen LogP contribution in [-0.4, -0.2) is 25.0 Å². The number of carbonyl (C=O) groups excluding carboxylic acids is 1. The van der Waals surface area contributed by atoms with Crippen molar-refractivity contribution in [2.75, 3.05) is 0 Å². The third-order valence-corrected chi connectivity index (χ3v) is 1.60. The van der Waals surface area contributed by atoms with Gasteiger partial charge in [0.25, 0.3) is 0 Å². The zero-order valence-electron chi connectivity index (χ0n) is 10.3. The molecule has 102 valence electrons. The van der Waals surface area contributed by atoms with Crippen LogP contribution in [0.15, 0.2) is 24.3 Å². The molecule has 0 saturated carbocycles. The van der Waals surface area contributed by atoms with Gasteiger partial charge in [0, 0.05) is 10.7 Å². The molecule has 0 saturated heterocycles. The first-order valence-electron chi connectivity index (χ1n) is 5.04. The number of hydrogen-bond donors (Lipinski definition) is 1. The van der Waals surface area contributed by atoms with Crippen LogP contribution in [0.5, 0.6) is 0 Å². The molecule has 0 aromatic heterocycles. The average molecular weight is 295 g/mol. The zero-order valence-corrected chi connectivity index (χ0v) is 11.8. The van der Waals surface area contributed by atoms with Crippen LogP contribution in [0.1, 0.15) is 29.8 Å². The van der Waals surface area contributed by atoms with Gasteiger partial charge in [-0.05, 0) is 32.9 Å². The molecule has 1 rings (SSSR count). The van der Waals surface area contributed by atoms with E-state index in [0.29, 0.717) is 5.56 Å². The third-order valence-electron chi connectivity index (χ3n) is 1.60. The summed E-state index contributed by atoms with van der Waals surface area (Å²) in [5, 5.41) is 0. The van der Waals surface area contributed by atoms with Crippen molar-refractivity contribution in [2.24, 2.45) is 0 Å². The van der Waals surface area contributed by atoms with Crippen LogP contribution in [-0.2, 0) is 14.1 Å². The fourth-order valence-corrected chi connectivity index (χ4v) is 1.05. The Morgan fingerprint density at radius 2 is 1.89 bits per heavy atom. The molecule has 0 radical (unpaired) electrons. The summed E-state index contributed by atoms with van der Waals surface area (Å²) in [6.45, 7) is 5.63. The Morgan fingerprint density at radius 3 is 2.28 bits per heavy atom. The highest BCUT2D eigenvalue weighted by atomic mass is 35.7. The molecule has 0 aliphatic carbocycles. The molecule has 0 bridgehead atoms. The summed E-state index contributed by atoms with van der Waals surface area (Å²) < 4.78 is 30.2. The normalized spacial score (nSPS) is 10.6. The topological polar surface area (TPSA) is 80.7 Å². The lowest BCUT2D eigenvalue weighted by atomic mass is 10.1.